The Morgan fingerprint density at radius 1 is 0.385 bits per heavy atom. The lowest BCUT2D eigenvalue weighted by Crippen LogP contribution is -2.15. The van der Waals surface area contributed by atoms with Gasteiger partial charge in [-0.2, -0.15) is 0 Å². The van der Waals surface area contributed by atoms with E-state index in [-0.39, 0.29) is 0 Å². The maximum Gasteiger partial charge on any atom is -0.0414 e. The lowest BCUT2D eigenvalue weighted by atomic mass is 9.76. The predicted octanol–water partition coefficient (Wildman–Crippen LogP) is 9.32. The molecule has 0 aromatic rings. The summed E-state index contributed by atoms with van der Waals surface area (Å²) in [4.78, 5) is 0. The summed E-state index contributed by atoms with van der Waals surface area (Å²) >= 11 is 0. The molecule has 0 atom stereocenters. The Morgan fingerprint density at radius 3 is 0.846 bits per heavy atom. The standard InChI is InChI=1S/C26H50/c1-3-5-7-11-23-15-19-25(20-16-23)13-9-10-14-26-21-17-24(18-22-26)12-8-6-4-2/h23-26H,3-22H2,1-2H3/t23-,24-,25-,26-. The summed E-state index contributed by atoms with van der Waals surface area (Å²) in [5, 5.41) is 0. The highest BCUT2D eigenvalue weighted by atomic mass is 14.3. The van der Waals surface area contributed by atoms with Crippen LogP contribution in [0.5, 0.6) is 0 Å². The van der Waals surface area contributed by atoms with Crippen LogP contribution in [0.4, 0.5) is 0 Å². The molecule has 0 heterocycles. The number of rotatable bonds is 13. The van der Waals surface area contributed by atoms with Crippen molar-refractivity contribution in [1.82, 2.24) is 0 Å². The van der Waals surface area contributed by atoms with Crippen LogP contribution >= 0.6 is 0 Å². The molecule has 0 saturated heterocycles. The maximum atomic E-state index is 2.33. The molecule has 2 rings (SSSR count). The van der Waals surface area contributed by atoms with Crippen molar-refractivity contribution in [1.29, 1.82) is 0 Å². The van der Waals surface area contributed by atoms with Crippen molar-refractivity contribution in [2.75, 3.05) is 0 Å². The first-order valence-electron chi connectivity index (χ1n) is 12.8. The van der Waals surface area contributed by atoms with Gasteiger partial charge in [-0.25, -0.2) is 0 Å². The molecule has 0 spiro atoms. The summed E-state index contributed by atoms with van der Waals surface area (Å²) in [5.74, 6) is 4.36. The van der Waals surface area contributed by atoms with Crippen LogP contribution in [-0.4, -0.2) is 0 Å². The first-order valence-corrected chi connectivity index (χ1v) is 12.8. The first kappa shape index (κ1) is 22.3. The third-order valence-electron chi connectivity index (χ3n) is 7.84. The lowest BCUT2D eigenvalue weighted by Gasteiger charge is -2.30. The Labute approximate surface area is 166 Å². The minimum atomic E-state index is 1.09. The minimum Gasteiger partial charge on any atom is -0.0654 e. The predicted molar refractivity (Wildman–Crippen MR) is 118 cm³/mol. The van der Waals surface area contributed by atoms with E-state index < -0.39 is 0 Å². The van der Waals surface area contributed by atoms with Gasteiger partial charge >= 0.3 is 0 Å². The van der Waals surface area contributed by atoms with Gasteiger partial charge in [0.05, 0.1) is 0 Å². The minimum absolute atomic E-state index is 1.09. The van der Waals surface area contributed by atoms with Gasteiger partial charge in [0.25, 0.3) is 0 Å². The van der Waals surface area contributed by atoms with Crippen LogP contribution in [0.15, 0.2) is 0 Å². The largest absolute Gasteiger partial charge is 0.0654 e. The summed E-state index contributed by atoms with van der Waals surface area (Å²) < 4.78 is 0. The van der Waals surface area contributed by atoms with Crippen LogP contribution in [0.1, 0.15) is 142 Å². The number of hydrogen-bond donors (Lipinski definition) is 0. The molecule has 26 heavy (non-hydrogen) atoms. The van der Waals surface area contributed by atoms with Crippen LogP contribution in [0.2, 0.25) is 0 Å². The van der Waals surface area contributed by atoms with Gasteiger partial charge in [-0.05, 0) is 23.7 Å². The Hall–Kier alpha value is 0. The molecule has 2 fully saturated rings. The Morgan fingerprint density at radius 2 is 0.615 bits per heavy atom. The molecule has 0 aromatic heterocycles. The molecule has 0 N–H and O–H groups in total. The van der Waals surface area contributed by atoms with Gasteiger partial charge < -0.3 is 0 Å². The van der Waals surface area contributed by atoms with Crippen LogP contribution < -0.4 is 0 Å². The molecule has 154 valence electrons. The van der Waals surface area contributed by atoms with Crippen molar-refractivity contribution in [2.45, 2.75) is 142 Å². The molecule has 2 aliphatic rings. The van der Waals surface area contributed by atoms with Crippen molar-refractivity contribution in [2.24, 2.45) is 23.7 Å². The molecule has 2 aliphatic carbocycles. The molecule has 0 nitrogen and oxygen atoms in total. The topological polar surface area (TPSA) is 0 Å². The van der Waals surface area contributed by atoms with E-state index in [2.05, 4.69) is 13.8 Å². The summed E-state index contributed by atoms with van der Waals surface area (Å²) in [6.45, 7) is 4.66. The Balaban J connectivity index is 1.43. The maximum absolute atomic E-state index is 2.33. The van der Waals surface area contributed by atoms with E-state index in [4.69, 9.17) is 0 Å². The fraction of sp³-hybridized carbons (Fsp3) is 1.00. The van der Waals surface area contributed by atoms with Crippen molar-refractivity contribution in [3.63, 3.8) is 0 Å². The van der Waals surface area contributed by atoms with E-state index in [1.807, 2.05) is 0 Å². The lowest BCUT2D eigenvalue weighted by molar-refractivity contribution is 0.230. The molecule has 0 aliphatic heterocycles. The van der Waals surface area contributed by atoms with E-state index in [0.717, 1.165) is 23.7 Å². The SMILES string of the molecule is CCCCC[C@H]1CC[C@H](CCCC[C@H]2CC[C@H](CCCCC)CC2)CC1. The molecule has 0 amide bonds. The highest BCUT2D eigenvalue weighted by Crippen LogP contribution is 2.36. The molecule has 0 unspecified atom stereocenters. The van der Waals surface area contributed by atoms with E-state index in [0.29, 0.717) is 0 Å². The highest BCUT2D eigenvalue weighted by Gasteiger charge is 2.22. The van der Waals surface area contributed by atoms with Crippen LogP contribution in [0.3, 0.4) is 0 Å². The quantitative estimate of drug-likeness (QED) is 0.286. The van der Waals surface area contributed by atoms with Crippen molar-refractivity contribution in [3.05, 3.63) is 0 Å². The van der Waals surface area contributed by atoms with Crippen molar-refractivity contribution >= 4 is 0 Å². The van der Waals surface area contributed by atoms with Gasteiger partial charge in [-0.1, -0.05) is 142 Å². The van der Waals surface area contributed by atoms with E-state index in [1.165, 1.54) is 64.2 Å². The van der Waals surface area contributed by atoms with Crippen LogP contribution in [0.25, 0.3) is 0 Å². The molecular weight excluding hydrogens is 312 g/mol. The van der Waals surface area contributed by atoms with Gasteiger partial charge in [0, 0.05) is 0 Å². The van der Waals surface area contributed by atoms with Gasteiger partial charge in [-0.3, -0.25) is 0 Å². The molecule has 0 bridgehead atoms. The highest BCUT2D eigenvalue weighted by molar-refractivity contribution is 4.75. The van der Waals surface area contributed by atoms with Crippen LogP contribution in [0, 0.1) is 23.7 Å². The second-order valence-corrected chi connectivity index (χ2v) is 10.0. The zero-order chi connectivity index (χ0) is 18.5. The fourth-order valence-corrected chi connectivity index (χ4v) is 5.85. The van der Waals surface area contributed by atoms with Crippen molar-refractivity contribution in [3.8, 4) is 0 Å². The average molecular weight is 363 g/mol. The van der Waals surface area contributed by atoms with Crippen molar-refractivity contribution < 1.29 is 0 Å². The summed E-state index contributed by atoms with van der Waals surface area (Å²) in [6.07, 6.45) is 30.3. The molecule has 2 saturated carbocycles. The third kappa shape index (κ3) is 9.27. The summed E-state index contributed by atoms with van der Waals surface area (Å²) in [5.41, 5.74) is 0. The number of unbranched alkanes of at least 4 members (excludes halogenated alkanes) is 5. The third-order valence-corrected chi connectivity index (χ3v) is 7.84. The van der Waals surface area contributed by atoms with E-state index in [9.17, 15) is 0 Å². The smallest absolute Gasteiger partial charge is 0.0414 e. The van der Waals surface area contributed by atoms with Gasteiger partial charge in [-0.15, -0.1) is 0 Å². The number of hydrogen-bond acceptors (Lipinski definition) is 0. The zero-order valence-corrected chi connectivity index (χ0v) is 18.5. The molecule has 0 aromatic carbocycles. The molecule has 0 radical (unpaired) electrons. The average Bonchev–Trinajstić information content (AvgIpc) is 2.68. The second-order valence-electron chi connectivity index (χ2n) is 10.0. The first-order chi connectivity index (χ1) is 12.8. The summed E-state index contributed by atoms with van der Waals surface area (Å²) in [6, 6.07) is 0. The van der Waals surface area contributed by atoms with Gasteiger partial charge in [0.2, 0.25) is 0 Å². The van der Waals surface area contributed by atoms with E-state index >= 15 is 0 Å². The van der Waals surface area contributed by atoms with E-state index in [1.54, 1.807) is 64.2 Å². The summed E-state index contributed by atoms with van der Waals surface area (Å²) in [7, 11) is 0. The van der Waals surface area contributed by atoms with Gasteiger partial charge in [0.15, 0.2) is 0 Å². The zero-order valence-electron chi connectivity index (χ0n) is 18.5. The Bertz CT molecular complexity index is 272. The normalized spacial score (nSPS) is 29.8. The monoisotopic (exact) mass is 362 g/mol. The molecule has 0 heteroatoms. The van der Waals surface area contributed by atoms with Crippen LogP contribution in [-0.2, 0) is 0 Å². The molecular formula is C26H50. The fourth-order valence-electron chi connectivity index (χ4n) is 5.85. The second kappa shape index (κ2) is 14.1. The van der Waals surface area contributed by atoms with Gasteiger partial charge in [0.1, 0.15) is 0 Å². The Kier molecular flexibility index (Phi) is 12.1.